The Morgan fingerprint density at radius 2 is 2.23 bits per heavy atom. The maximum Gasteiger partial charge on any atom is 0.339 e. The molecule has 0 unspecified atom stereocenters. The molecule has 1 aromatic carbocycles. The number of benzene rings is 1. The number of esters is 1. The minimum Gasteiger partial charge on any atom is -0.462 e. The lowest BCUT2D eigenvalue weighted by molar-refractivity contribution is 0.0522. The summed E-state index contributed by atoms with van der Waals surface area (Å²) in [5, 5.41) is 0. The van der Waals surface area contributed by atoms with Crippen LogP contribution in [0.5, 0.6) is 0 Å². The molecule has 1 radical (unpaired) electrons. The lowest BCUT2D eigenvalue weighted by Crippen LogP contribution is -2.05. The molecule has 0 saturated heterocycles. The summed E-state index contributed by atoms with van der Waals surface area (Å²) in [6.45, 7) is 4.07. The van der Waals surface area contributed by atoms with Crippen LogP contribution in [-0.4, -0.2) is 12.6 Å². The second-order valence-corrected chi connectivity index (χ2v) is 3.16. The monoisotopic (exact) mass is 195 g/mol. The molecule has 0 bridgehead atoms. The second-order valence-electron chi connectivity index (χ2n) is 2.72. The Morgan fingerprint density at radius 3 is 2.85 bits per heavy atom. The van der Waals surface area contributed by atoms with Crippen molar-refractivity contribution in [2.75, 3.05) is 6.61 Å². The van der Waals surface area contributed by atoms with Gasteiger partial charge in [-0.25, -0.2) is 4.79 Å². The molecule has 0 fully saturated rings. The van der Waals surface area contributed by atoms with Gasteiger partial charge in [-0.1, -0.05) is 24.3 Å². The Balaban J connectivity index is 2.99. The van der Waals surface area contributed by atoms with Crippen LogP contribution >= 0.6 is 12.6 Å². The van der Waals surface area contributed by atoms with Gasteiger partial charge in [0.2, 0.25) is 0 Å². The molecule has 69 valence electrons. The third-order valence-electron chi connectivity index (χ3n) is 1.63. The van der Waals surface area contributed by atoms with Crippen molar-refractivity contribution in [2.45, 2.75) is 18.7 Å². The molecule has 1 rings (SSSR count). The Hall–Kier alpha value is -1.09. The number of rotatable bonds is 2. The van der Waals surface area contributed by atoms with E-state index in [0.29, 0.717) is 17.1 Å². The molecule has 0 aliphatic carbocycles. The molecule has 0 aliphatic rings. The highest BCUT2D eigenvalue weighted by Crippen LogP contribution is 2.16. The molecule has 0 aromatic heterocycles. The van der Waals surface area contributed by atoms with Crippen LogP contribution in [0.2, 0.25) is 0 Å². The average Bonchev–Trinajstić information content (AvgIpc) is 2.09. The van der Waals surface area contributed by atoms with Gasteiger partial charge in [0.1, 0.15) is 0 Å². The SMILES string of the molecule is CCOC(=O)c1cc(C)ccc1[S]. The maximum atomic E-state index is 11.3. The summed E-state index contributed by atoms with van der Waals surface area (Å²) in [5.74, 6) is -0.337. The van der Waals surface area contributed by atoms with Crippen LogP contribution in [0.3, 0.4) is 0 Å². The zero-order valence-electron chi connectivity index (χ0n) is 7.66. The molecule has 0 spiro atoms. The van der Waals surface area contributed by atoms with Gasteiger partial charge in [-0.3, -0.25) is 0 Å². The molecular weight excluding hydrogens is 184 g/mol. The van der Waals surface area contributed by atoms with Crippen molar-refractivity contribution in [2.24, 2.45) is 0 Å². The standard InChI is InChI=1S/C10H11O2S/c1-3-12-10(11)8-6-7(2)4-5-9(8)13/h4-6H,3H2,1-2H3. The van der Waals surface area contributed by atoms with Crippen molar-refractivity contribution in [3.8, 4) is 0 Å². The largest absolute Gasteiger partial charge is 0.462 e. The summed E-state index contributed by atoms with van der Waals surface area (Å²) in [5.41, 5.74) is 1.49. The summed E-state index contributed by atoms with van der Waals surface area (Å²) in [4.78, 5) is 11.9. The van der Waals surface area contributed by atoms with E-state index in [0.717, 1.165) is 5.56 Å². The summed E-state index contributed by atoms with van der Waals surface area (Å²) in [6, 6.07) is 5.38. The molecule has 0 atom stereocenters. The van der Waals surface area contributed by atoms with Crippen LogP contribution in [0.25, 0.3) is 0 Å². The van der Waals surface area contributed by atoms with Gasteiger partial charge in [0, 0.05) is 0 Å². The van der Waals surface area contributed by atoms with Crippen molar-refractivity contribution in [3.05, 3.63) is 29.3 Å². The van der Waals surface area contributed by atoms with E-state index < -0.39 is 0 Å². The first kappa shape index (κ1) is 9.99. The van der Waals surface area contributed by atoms with Gasteiger partial charge < -0.3 is 4.74 Å². The van der Waals surface area contributed by atoms with Crippen molar-refractivity contribution >= 4 is 18.6 Å². The van der Waals surface area contributed by atoms with Crippen LogP contribution in [0.1, 0.15) is 22.8 Å². The third kappa shape index (κ3) is 2.42. The minimum absolute atomic E-state index is 0.337. The lowest BCUT2D eigenvalue weighted by Gasteiger charge is -2.04. The number of aryl methyl sites for hydroxylation is 1. The normalized spacial score (nSPS) is 9.69. The van der Waals surface area contributed by atoms with Gasteiger partial charge in [0.15, 0.2) is 0 Å². The van der Waals surface area contributed by atoms with E-state index >= 15 is 0 Å². The topological polar surface area (TPSA) is 26.3 Å². The molecule has 3 heteroatoms. The van der Waals surface area contributed by atoms with Crippen molar-refractivity contribution in [1.82, 2.24) is 0 Å². The van der Waals surface area contributed by atoms with Gasteiger partial charge in [-0.15, -0.1) is 0 Å². The molecule has 0 amide bonds. The van der Waals surface area contributed by atoms with E-state index in [4.69, 9.17) is 17.4 Å². The van der Waals surface area contributed by atoms with Gasteiger partial charge in [0.05, 0.1) is 17.1 Å². The predicted octanol–water partition coefficient (Wildman–Crippen LogP) is 2.73. The van der Waals surface area contributed by atoms with Crippen LogP contribution in [0.4, 0.5) is 0 Å². The molecule has 2 nitrogen and oxygen atoms in total. The van der Waals surface area contributed by atoms with Crippen molar-refractivity contribution in [1.29, 1.82) is 0 Å². The zero-order chi connectivity index (χ0) is 9.84. The first-order chi connectivity index (χ1) is 6.15. The zero-order valence-corrected chi connectivity index (χ0v) is 8.48. The molecule has 13 heavy (non-hydrogen) atoms. The molecular formula is C10H11O2S. The van der Waals surface area contributed by atoms with E-state index in [-0.39, 0.29) is 5.97 Å². The first-order valence-corrected chi connectivity index (χ1v) is 4.50. The molecule has 0 heterocycles. The average molecular weight is 195 g/mol. The highest BCUT2D eigenvalue weighted by Gasteiger charge is 2.10. The number of hydrogen-bond acceptors (Lipinski definition) is 2. The Morgan fingerprint density at radius 1 is 1.54 bits per heavy atom. The van der Waals surface area contributed by atoms with Gasteiger partial charge in [-0.05, 0) is 26.0 Å². The number of ether oxygens (including phenoxy) is 1. The Labute approximate surface area is 83.3 Å². The van der Waals surface area contributed by atoms with Crippen molar-refractivity contribution < 1.29 is 9.53 Å². The van der Waals surface area contributed by atoms with Crippen molar-refractivity contribution in [3.63, 3.8) is 0 Å². The second kappa shape index (κ2) is 4.23. The molecule has 0 N–H and O–H groups in total. The van der Waals surface area contributed by atoms with E-state index in [1.54, 1.807) is 19.1 Å². The molecule has 0 aliphatic heterocycles. The first-order valence-electron chi connectivity index (χ1n) is 4.10. The quantitative estimate of drug-likeness (QED) is 0.678. The summed E-state index contributed by atoms with van der Waals surface area (Å²) < 4.78 is 4.86. The fourth-order valence-corrected chi connectivity index (χ4v) is 1.22. The van der Waals surface area contributed by atoms with Gasteiger partial charge in [0.25, 0.3) is 0 Å². The summed E-state index contributed by atoms with van der Waals surface area (Å²) in [7, 11) is 0. The van der Waals surface area contributed by atoms with Crippen LogP contribution in [0, 0.1) is 6.92 Å². The van der Waals surface area contributed by atoms with E-state index in [1.807, 2.05) is 13.0 Å². The number of carbonyl (C=O) groups excluding carboxylic acids is 1. The lowest BCUT2D eigenvalue weighted by atomic mass is 10.1. The highest BCUT2D eigenvalue weighted by molar-refractivity contribution is 7.80. The minimum atomic E-state index is -0.337. The summed E-state index contributed by atoms with van der Waals surface area (Å²) >= 11 is 5.00. The molecule has 0 saturated carbocycles. The maximum absolute atomic E-state index is 11.3. The number of carbonyl (C=O) groups is 1. The fourth-order valence-electron chi connectivity index (χ4n) is 1.01. The number of hydrogen-bond donors (Lipinski definition) is 0. The van der Waals surface area contributed by atoms with E-state index in [1.165, 1.54) is 0 Å². The highest BCUT2D eigenvalue weighted by atomic mass is 32.1. The Kier molecular flexibility index (Phi) is 3.25. The third-order valence-corrected chi connectivity index (χ3v) is 1.99. The Bertz CT molecular complexity index is 321. The van der Waals surface area contributed by atoms with Gasteiger partial charge in [-0.2, -0.15) is 0 Å². The van der Waals surface area contributed by atoms with Crippen LogP contribution in [0.15, 0.2) is 23.1 Å². The van der Waals surface area contributed by atoms with Crippen LogP contribution in [-0.2, 0) is 4.74 Å². The predicted molar refractivity (Wildman–Crippen MR) is 53.0 cm³/mol. The van der Waals surface area contributed by atoms with E-state index in [2.05, 4.69) is 0 Å². The van der Waals surface area contributed by atoms with Gasteiger partial charge >= 0.3 is 5.97 Å². The summed E-state index contributed by atoms with van der Waals surface area (Å²) in [6.07, 6.45) is 0. The smallest absolute Gasteiger partial charge is 0.339 e. The van der Waals surface area contributed by atoms with Crippen LogP contribution < -0.4 is 0 Å². The fraction of sp³-hybridized carbons (Fsp3) is 0.300. The molecule has 1 aromatic rings. The van der Waals surface area contributed by atoms with E-state index in [9.17, 15) is 4.79 Å².